The Morgan fingerprint density at radius 3 is 2.69 bits per heavy atom. The third-order valence-electron chi connectivity index (χ3n) is 7.38. The minimum atomic E-state index is -3.69. The predicted molar refractivity (Wildman–Crippen MR) is 158 cm³/mol. The number of anilines is 2. The molecular formula is C25H37N8O7PS. The van der Waals surface area contributed by atoms with Crippen LogP contribution in [0.25, 0.3) is 11.2 Å². The van der Waals surface area contributed by atoms with Gasteiger partial charge in [-0.2, -0.15) is 9.97 Å². The Bertz CT molecular complexity index is 1580. The van der Waals surface area contributed by atoms with Crippen molar-refractivity contribution in [1.29, 1.82) is 0 Å². The first-order valence-corrected chi connectivity index (χ1v) is 16.5. The van der Waals surface area contributed by atoms with Crippen LogP contribution >= 0.6 is 6.72 Å². The summed E-state index contributed by atoms with van der Waals surface area (Å²) < 4.78 is 27.0. The lowest BCUT2D eigenvalue weighted by atomic mass is 10.0. The summed E-state index contributed by atoms with van der Waals surface area (Å²) in [5.41, 5.74) is 5.36. The number of H-pyrrole nitrogens is 1. The van der Waals surface area contributed by atoms with E-state index >= 15 is 0 Å². The van der Waals surface area contributed by atoms with Crippen molar-refractivity contribution < 1.29 is 23.4 Å². The van der Waals surface area contributed by atoms with Gasteiger partial charge in [0.15, 0.2) is 11.2 Å². The molecule has 0 saturated carbocycles. The Labute approximate surface area is 247 Å². The molecule has 2 aliphatic rings. The monoisotopic (exact) mass is 624 g/mol. The fraction of sp³-hybridized carbons (Fsp3) is 0.640. The number of nitrogens with zero attached hydrogens (tertiary/aromatic N) is 5. The Morgan fingerprint density at radius 2 is 1.98 bits per heavy atom. The number of hydrogen-bond acceptors (Lipinski definition) is 12. The molecule has 0 amide bonds. The summed E-state index contributed by atoms with van der Waals surface area (Å²) in [6.07, 6.45) is 2.04. The van der Waals surface area contributed by atoms with E-state index in [4.69, 9.17) is 36.1 Å². The first-order valence-electron chi connectivity index (χ1n) is 14.0. The van der Waals surface area contributed by atoms with Crippen molar-refractivity contribution in [1.82, 2.24) is 29.1 Å². The fourth-order valence-electron chi connectivity index (χ4n) is 5.12. The van der Waals surface area contributed by atoms with Crippen LogP contribution in [0, 0.1) is 11.8 Å². The number of rotatable bonds is 11. The number of ether oxygens (including phenoxy) is 2. The second kappa shape index (κ2) is 12.5. The molecule has 2 aliphatic heterocycles. The smallest absolute Gasteiger partial charge is 0.351 e. The normalized spacial score (nSPS) is 27.6. The highest BCUT2D eigenvalue weighted by Gasteiger charge is 2.41. The molecule has 230 valence electrons. The maximum atomic E-state index is 12.6. The summed E-state index contributed by atoms with van der Waals surface area (Å²) in [5, 5.41) is 3.14. The molecule has 17 heteroatoms. The summed E-state index contributed by atoms with van der Waals surface area (Å²) >= 11 is 5.34. The number of hydrogen-bond donors (Lipinski definition) is 4. The van der Waals surface area contributed by atoms with E-state index in [0.29, 0.717) is 36.9 Å². The summed E-state index contributed by atoms with van der Waals surface area (Å²) in [5.74, 6) is 0.892. The number of aromatic nitrogens is 6. The van der Waals surface area contributed by atoms with Crippen molar-refractivity contribution in [3.8, 4) is 0 Å². The molecule has 2 saturated heterocycles. The van der Waals surface area contributed by atoms with Gasteiger partial charge in [0, 0.05) is 19.2 Å². The molecule has 3 aromatic rings. The minimum absolute atomic E-state index is 0.00240. The molecule has 2 fully saturated rings. The van der Waals surface area contributed by atoms with E-state index in [0.717, 1.165) is 0 Å². The number of nitrogens with one attached hydrogen (secondary N) is 2. The zero-order valence-electron chi connectivity index (χ0n) is 23.9. The molecule has 0 spiro atoms. The molecule has 5 rings (SSSR count). The highest BCUT2D eigenvalue weighted by molar-refractivity contribution is 8.07. The fourth-order valence-corrected chi connectivity index (χ4v) is 6.60. The van der Waals surface area contributed by atoms with Crippen LogP contribution in [0.4, 0.5) is 11.8 Å². The van der Waals surface area contributed by atoms with Crippen LogP contribution in [0.15, 0.2) is 28.2 Å². The lowest BCUT2D eigenvalue weighted by Gasteiger charge is -2.24. The van der Waals surface area contributed by atoms with Crippen LogP contribution in [-0.2, 0) is 30.3 Å². The van der Waals surface area contributed by atoms with E-state index in [2.05, 4.69) is 39.1 Å². The van der Waals surface area contributed by atoms with Crippen LogP contribution in [0.1, 0.15) is 59.4 Å². The first kappa shape index (κ1) is 30.7. The van der Waals surface area contributed by atoms with E-state index in [9.17, 15) is 14.5 Å². The zero-order valence-corrected chi connectivity index (χ0v) is 25.6. The third kappa shape index (κ3) is 6.75. The van der Waals surface area contributed by atoms with Gasteiger partial charge in [-0.05, 0) is 42.6 Å². The van der Waals surface area contributed by atoms with Crippen molar-refractivity contribution >= 4 is 41.5 Å². The highest BCUT2D eigenvalue weighted by Crippen LogP contribution is 2.50. The van der Waals surface area contributed by atoms with Gasteiger partial charge in [-0.25, -0.2) is 9.78 Å². The second-order valence-corrected chi connectivity index (χ2v) is 13.9. The highest BCUT2D eigenvalue weighted by atomic mass is 32.5. The van der Waals surface area contributed by atoms with Gasteiger partial charge in [0.1, 0.15) is 18.3 Å². The quantitative estimate of drug-likeness (QED) is 0.227. The Balaban J connectivity index is 1.22. The van der Waals surface area contributed by atoms with E-state index in [1.807, 2.05) is 13.8 Å². The van der Waals surface area contributed by atoms with Gasteiger partial charge in [0.25, 0.3) is 5.56 Å². The summed E-state index contributed by atoms with van der Waals surface area (Å²) in [7, 11) is 0. The van der Waals surface area contributed by atoms with Gasteiger partial charge in [0.05, 0.1) is 31.2 Å². The van der Waals surface area contributed by atoms with Crippen LogP contribution in [0.3, 0.4) is 0 Å². The Morgan fingerprint density at radius 1 is 1.24 bits per heavy atom. The molecule has 15 nitrogen and oxygen atoms in total. The van der Waals surface area contributed by atoms with Crippen molar-refractivity contribution in [3.05, 3.63) is 39.4 Å². The van der Waals surface area contributed by atoms with Crippen molar-refractivity contribution in [2.75, 3.05) is 24.2 Å². The van der Waals surface area contributed by atoms with Gasteiger partial charge >= 0.3 is 12.4 Å². The van der Waals surface area contributed by atoms with Crippen molar-refractivity contribution in [2.24, 2.45) is 11.8 Å². The molecule has 1 unspecified atom stereocenters. The average molecular weight is 625 g/mol. The number of nitrogen functional groups attached to an aromatic ring is 1. The molecule has 0 aromatic carbocycles. The van der Waals surface area contributed by atoms with Crippen molar-refractivity contribution in [3.63, 3.8) is 0 Å². The number of fused-ring (bicyclic) bond motifs is 1. The van der Waals surface area contributed by atoms with Crippen molar-refractivity contribution in [2.45, 2.75) is 77.7 Å². The molecule has 42 heavy (non-hydrogen) atoms. The maximum absolute atomic E-state index is 12.6. The first-order chi connectivity index (χ1) is 19.9. The Kier molecular flexibility index (Phi) is 9.13. The van der Waals surface area contributed by atoms with E-state index in [-0.39, 0.29) is 35.8 Å². The van der Waals surface area contributed by atoms with Crippen LogP contribution in [-0.4, -0.2) is 65.4 Å². The maximum Gasteiger partial charge on any atom is 0.351 e. The molecule has 5 N–H and O–H groups in total. The van der Waals surface area contributed by atoms with Crippen LogP contribution in [0.5, 0.6) is 0 Å². The lowest BCUT2D eigenvalue weighted by Crippen LogP contribution is -2.27. The summed E-state index contributed by atoms with van der Waals surface area (Å²) in [6, 6.07) is 1.51. The average Bonchev–Trinajstić information content (AvgIpc) is 3.62. The molecule has 0 aliphatic carbocycles. The molecular weight excluding hydrogens is 587 g/mol. The lowest BCUT2D eigenvalue weighted by molar-refractivity contribution is -0.0331. The molecule has 5 heterocycles. The third-order valence-corrected chi connectivity index (χ3v) is 8.96. The van der Waals surface area contributed by atoms with Gasteiger partial charge in [-0.15, -0.1) is 0 Å². The zero-order chi connectivity index (χ0) is 30.2. The summed E-state index contributed by atoms with van der Waals surface area (Å²) in [4.78, 5) is 51.1. The summed E-state index contributed by atoms with van der Waals surface area (Å²) in [6.45, 7) is 5.00. The van der Waals surface area contributed by atoms with Gasteiger partial charge in [0.2, 0.25) is 5.95 Å². The molecule has 3 aromatic heterocycles. The molecule has 7 atom stereocenters. The van der Waals surface area contributed by atoms with Gasteiger partial charge in [-0.1, -0.05) is 27.7 Å². The van der Waals surface area contributed by atoms with E-state index in [1.165, 1.54) is 16.8 Å². The van der Waals surface area contributed by atoms with Crippen LogP contribution < -0.4 is 22.3 Å². The number of nitrogens with two attached hydrogens (primary N) is 1. The molecule has 0 radical (unpaired) electrons. The Hall–Kier alpha value is -2.72. The van der Waals surface area contributed by atoms with Crippen LogP contribution in [0.2, 0.25) is 0 Å². The predicted octanol–water partition coefficient (Wildman–Crippen LogP) is 2.27. The van der Waals surface area contributed by atoms with E-state index in [1.54, 1.807) is 10.9 Å². The van der Waals surface area contributed by atoms with E-state index < -0.39 is 43.2 Å². The van der Waals surface area contributed by atoms with Gasteiger partial charge in [-0.3, -0.25) is 18.9 Å². The number of aromatic amines is 1. The molecule has 0 bridgehead atoms. The minimum Gasteiger partial charge on any atom is -0.383 e. The largest absolute Gasteiger partial charge is 0.383 e. The SMILES string of the molecule is CC[C@H]1O[C@@H](n2ccc(N)nc2=O)C[C@@H]1OP(O)(=S)OC[C@H]1O[C@@H](n2cnc3c(=O)[nH]c(NCC(C)C)nc32)C[C@@H]1C. The number of imidazole rings is 1. The topological polar surface area (TPSA) is 194 Å². The van der Waals surface area contributed by atoms with Gasteiger partial charge < -0.3 is 34.5 Å². The second-order valence-electron chi connectivity index (χ2n) is 11.1. The standard InChI is InChI=1S/C25H37N8O7PS/c1-5-15-16(9-20(38-15)32-7-6-18(26)29-25(32)35)40-41(36,42)37-11-17-14(4)8-19(39-17)33-12-28-21-22(33)30-24(31-23(21)34)27-10-13(2)3/h6-7,12-17,19-20H,5,8-11H2,1-4H3,(H,36,42)(H2,26,29,35)(H2,27,30,31,34)/t14-,15+,16-,17+,19+,20+,41?/m0/s1.